The third kappa shape index (κ3) is 4.92. The van der Waals surface area contributed by atoms with Gasteiger partial charge in [-0.1, -0.05) is 31.0 Å². The van der Waals surface area contributed by atoms with Crippen molar-refractivity contribution in [2.45, 2.75) is 44.6 Å². The molecule has 5 rings (SSSR count). The molecule has 2 aliphatic rings. The maximum Gasteiger partial charge on any atom is 0.255 e. The van der Waals surface area contributed by atoms with Gasteiger partial charge in [-0.25, -0.2) is 9.07 Å². The number of nitrogens with one attached hydrogen (secondary N) is 2. The van der Waals surface area contributed by atoms with Crippen molar-refractivity contribution in [1.29, 1.82) is 0 Å². The van der Waals surface area contributed by atoms with Crippen LogP contribution in [0.1, 0.15) is 59.5 Å². The van der Waals surface area contributed by atoms with Crippen LogP contribution in [0.4, 0.5) is 4.39 Å². The van der Waals surface area contributed by atoms with Crippen molar-refractivity contribution in [3.63, 3.8) is 0 Å². The molecular weight excluding hydrogens is 507 g/mol. The van der Waals surface area contributed by atoms with Crippen LogP contribution in [0.5, 0.6) is 0 Å². The van der Waals surface area contributed by atoms with Gasteiger partial charge in [-0.05, 0) is 56.6 Å². The minimum absolute atomic E-state index is 0.0130. The summed E-state index contributed by atoms with van der Waals surface area (Å²) in [6.45, 7) is 5.90. The highest BCUT2D eigenvalue weighted by molar-refractivity contribution is 6.30. The van der Waals surface area contributed by atoms with E-state index >= 15 is 0 Å². The van der Waals surface area contributed by atoms with Crippen molar-refractivity contribution in [1.82, 2.24) is 30.3 Å². The summed E-state index contributed by atoms with van der Waals surface area (Å²) in [6, 6.07) is 8.39. The number of amides is 2. The van der Waals surface area contributed by atoms with Crippen molar-refractivity contribution in [2.24, 2.45) is 5.92 Å². The van der Waals surface area contributed by atoms with E-state index < -0.39 is 5.82 Å². The Bertz CT molecular complexity index is 1370. The van der Waals surface area contributed by atoms with E-state index in [0.717, 1.165) is 30.8 Å². The predicted molar refractivity (Wildman–Crippen MR) is 143 cm³/mol. The minimum Gasteiger partial charge on any atom is -0.355 e. The molecule has 2 atom stereocenters. The Morgan fingerprint density at radius 1 is 1.26 bits per heavy atom. The molecule has 10 heteroatoms. The Morgan fingerprint density at radius 2 is 2.05 bits per heavy atom. The number of likely N-dealkylation sites (tertiary alicyclic amines) is 1. The number of hydrogen-bond donors (Lipinski definition) is 2. The van der Waals surface area contributed by atoms with Gasteiger partial charge >= 0.3 is 0 Å². The molecular formula is C28H32ClFN6O2. The number of likely N-dealkylation sites (N-methyl/N-ethyl adjacent to an activating group) is 1. The Morgan fingerprint density at radius 3 is 2.82 bits per heavy atom. The lowest BCUT2D eigenvalue weighted by Crippen LogP contribution is -2.62. The maximum absolute atomic E-state index is 14.6. The molecule has 2 N–H and O–H groups in total. The molecule has 8 nitrogen and oxygen atoms in total. The summed E-state index contributed by atoms with van der Waals surface area (Å²) in [5, 5.41) is 10.6. The van der Waals surface area contributed by atoms with E-state index in [4.69, 9.17) is 11.6 Å². The van der Waals surface area contributed by atoms with Gasteiger partial charge in [0.2, 0.25) is 5.91 Å². The molecule has 2 aliphatic heterocycles. The van der Waals surface area contributed by atoms with Crippen molar-refractivity contribution >= 4 is 23.4 Å². The first-order valence-electron chi connectivity index (χ1n) is 12.9. The van der Waals surface area contributed by atoms with Crippen LogP contribution in [0.2, 0.25) is 5.02 Å². The quantitative estimate of drug-likeness (QED) is 0.527. The second-order valence-electron chi connectivity index (χ2n) is 10.6. The van der Waals surface area contributed by atoms with E-state index in [1.807, 2.05) is 13.0 Å². The largest absolute Gasteiger partial charge is 0.355 e. The van der Waals surface area contributed by atoms with Crippen molar-refractivity contribution < 1.29 is 14.0 Å². The molecule has 0 radical (unpaired) electrons. The van der Waals surface area contributed by atoms with Crippen LogP contribution < -0.4 is 10.6 Å². The fraction of sp³-hybridized carbons (Fsp3) is 0.429. The van der Waals surface area contributed by atoms with Gasteiger partial charge in [0.25, 0.3) is 5.91 Å². The molecule has 200 valence electrons. The summed E-state index contributed by atoms with van der Waals surface area (Å²) >= 11 is 5.95. The molecule has 1 fully saturated rings. The third-order valence-electron chi connectivity index (χ3n) is 7.79. The van der Waals surface area contributed by atoms with Crippen LogP contribution in [0.15, 0.2) is 42.7 Å². The maximum atomic E-state index is 14.6. The number of carbonyl (C=O) groups excluding carboxylic acids is 2. The average Bonchev–Trinajstić information content (AvgIpc) is 3.27. The molecule has 2 amide bonds. The standard InChI is InChI=1S/C28H32ClFN6O2/c1-17-6-4-8-22(23-12-19(10-11-31-23)28(14-32-26(17)37)15-35(3)16-28)34-27(38)20-13-33-36(18(20)2)24-9-5-7-21(29)25(24)30/h5,7,9-13,17,22H,4,6,8,14-16H2,1-3H3,(H,32,37)(H,34,38). The highest BCUT2D eigenvalue weighted by Gasteiger charge is 2.43. The van der Waals surface area contributed by atoms with Gasteiger partial charge in [0.05, 0.1) is 34.2 Å². The van der Waals surface area contributed by atoms with Crippen LogP contribution in [0, 0.1) is 18.7 Å². The Balaban J connectivity index is 1.44. The van der Waals surface area contributed by atoms with Gasteiger partial charge in [-0.15, -0.1) is 0 Å². The van der Waals surface area contributed by atoms with Crippen molar-refractivity contribution in [2.75, 3.05) is 26.7 Å². The molecule has 0 saturated carbocycles. The second kappa shape index (κ2) is 10.5. The van der Waals surface area contributed by atoms with Crippen molar-refractivity contribution in [3.8, 4) is 5.69 Å². The van der Waals surface area contributed by atoms with Gasteiger partial charge in [0.15, 0.2) is 5.82 Å². The first-order chi connectivity index (χ1) is 18.2. The fourth-order valence-corrected chi connectivity index (χ4v) is 5.77. The molecule has 1 saturated heterocycles. The zero-order chi connectivity index (χ0) is 27.0. The number of halogens is 2. The highest BCUT2D eigenvalue weighted by Crippen LogP contribution is 2.35. The average molecular weight is 539 g/mol. The Labute approximate surface area is 226 Å². The number of hydrogen-bond acceptors (Lipinski definition) is 5. The topological polar surface area (TPSA) is 92.2 Å². The molecule has 4 heterocycles. The smallest absolute Gasteiger partial charge is 0.255 e. The lowest BCUT2D eigenvalue weighted by molar-refractivity contribution is -0.125. The van der Waals surface area contributed by atoms with E-state index in [1.165, 1.54) is 16.9 Å². The van der Waals surface area contributed by atoms with Crippen LogP contribution in [0.25, 0.3) is 5.69 Å². The lowest BCUT2D eigenvalue weighted by Gasteiger charge is -2.49. The number of nitrogens with zero attached hydrogens (tertiary/aromatic N) is 4. The van der Waals surface area contributed by atoms with E-state index in [2.05, 4.69) is 38.7 Å². The van der Waals surface area contributed by atoms with E-state index in [-0.39, 0.29) is 39.9 Å². The first-order valence-corrected chi connectivity index (χ1v) is 13.3. The Kier molecular flexibility index (Phi) is 7.24. The normalized spacial score (nSPS) is 21.7. The molecule has 1 aromatic carbocycles. The number of rotatable bonds is 3. The summed E-state index contributed by atoms with van der Waals surface area (Å²) in [4.78, 5) is 33.1. The van der Waals surface area contributed by atoms with Crippen LogP contribution in [-0.2, 0) is 10.2 Å². The third-order valence-corrected chi connectivity index (χ3v) is 8.09. The highest BCUT2D eigenvalue weighted by atomic mass is 35.5. The number of fused-ring (bicyclic) bond motifs is 3. The summed E-state index contributed by atoms with van der Waals surface area (Å²) < 4.78 is 16.0. The SMILES string of the molecule is Cc1c(C(=O)NC2CCCC(C)C(=O)NCC3(CN(C)C3)c3ccnc2c3)cnn1-c1cccc(Cl)c1F. The van der Waals surface area contributed by atoms with Gasteiger partial charge in [0, 0.05) is 37.2 Å². The van der Waals surface area contributed by atoms with Crippen LogP contribution >= 0.6 is 11.6 Å². The molecule has 38 heavy (non-hydrogen) atoms. The minimum atomic E-state index is -0.596. The summed E-state index contributed by atoms with van der Waals surface area (Å²) in [7, 11) is 2.06. The van der Waals surface area contributed by atoms with Crippen LogP contribution in [-0.4, -0.2) is 58.2 Å². The number of pyridine rings is 1. The molecule has 3 aromatic rings. The monoisotopic (exact) mass is 538 g/mol. The second-order valence-corrected chi connectivity index (χ2v) is 11.0. The van der Waals surface area contributed by atoms with E-state index in [1.54, 1.807) is 25.3 Å². The van der Waals surface area contributed by atoms with Gasteiger partial charge in [-0.2, -0.15) is 5.10 Å². The predicted octanol–water partition coefficient (Wildman–Crippen LogP) is 3.96. The summed E-state index contributed by atoms with van der Waals surface area (Å²) in [5.74, 6) is -0.976. The van der Waals surface area contributed by atoms with Gasteiger partial charge in [-0.3, -0.25) is 14.6 Å². The molecule has 0 aliphatic carbocycles. The number of aromatic nitrogens is 3. The lowest BCUT2D eigenvalue weighted by atomic mass is 9.73. The molecule has 2 unspecified atom stereocenters. The molecule has 2 bridgehead atoms. The van der Waals surface area contributed by atoms with E-state index in [9.17, 15) is 14.0 Å². The van der Waals surface area contributed by atoms with Crippen molar-refractivity contribution in [3.05, 3.63) is 76.1 Å². The fourth-order valence-electron chi connectivity index (χ4n) is 5.60. The first kappa shape index (κ1) is 26.3. The van der Waals surface area contributed by atoms with Gasteiger partial charge in [0.1, 0.15) is 5.69 Å². The summed E-state index contributed by atoms with van der Waals surface area (Å²) in [6.07, 6.45) is 5.30. The Hall–Kier alpha value is -3.30. The number of benzene rings is 1. The zero-order valence-corrected chi connectivity index (χ0v) is 22.6. The van der Waals surface area contributed by atoms with Crippen LogP contribution in [0.3, 0.4) is 0 Å². The van der Waals surface area contributed by atoms with E-state index in [0.29, 0.717) is 30.6 Å². The number of carbonyl (C=O) groups is 2. The molecule has 2 aromatic heterocycles. The molecule has 1 spiro atoms. The summed E-state index contributed by atoms with van der Waals surface area (Å²) in [5.41, 5.74) is 2.73. The zero-order valence-electron chi connectivity index (χ0n) is 21.8. The van der Waals surface area contributed by atoms with Gasteiger partial charge < -0.3 is 15.5 Å².